The van der Waals surface area contributed by atoms with Crippen LogP contribution in [0.1, 0.15) is 26.2 Å². The molecule has 2 aliphatic rings. The minimum Gasteiger partial charge on any atom is -0.465 e. The Hall–Kier alpha value is -0.810. The van der Waals surface area contributed by atoms with Crippen molar-refractivity contribution in [1.29, 1.82) is 0 Å². The lowest BCUT2D eigenvalue weighted by Crippen LogP contribution is -2.58. The van der Waals surface area contributed by atoms with Gasteiger partial charge in [-0.1, -0.05) is 6.92 Å². The molecule has 0 saturated carbocycles. The third-order valence-corrected chi connectivity index (χ3v) is 3.99. The Morgan fingerprint density at radius 1 is 1.18 bits per heavy atom. The largest absolute Gasteiger partial charge is 0.465 e. The monoisotopic (exact) mass is 241 g/mol. The molecule has 0 aromatic carbocycles. The van der Waals surface area contributed by atoms with Crippen LogP contribution in [-0.4, -0.2) is 71.3 Å². The van der Waals surface area contributed by atoms with Crippen LogP contribution in [0.15, 0.2) is 0 Å². The molecule has 0 bridgehead atoms. The topological polar surface area (TPSA) is 47.0 Å². The summed E-state index contributed by atoms with van der Waals surface area (Å²) in [5.41, 5.74) is 0. The number of carbonyl (C=O) groups is 1. The second-order valence-electron chi connectivity index (χ2n) is 4.92. The van der Waals surface area contributed by atoms with Crippen molar-refractivity contribution in [2.45, 2.75) is 32.4 Å². The van der Waals surface area contributed by atoms with Crippen molar-refractivity contribution in [3.63, 3.8) is 0 Å². The molecule has 98 valence electrons. The van der Waals surface area contributed by atoms with Crippen LogP contribution in [-0.2, 0) is 0 Å². The lowest BCUT2D eigenvalue weighted by atomic mass is 10.1. The fourth-order valence-corrected chi connectivity index (χ4v) is 2.89. The number of rotatable bonds is 2. The minimum atomic E-state index is -0.757. The number of carboxylic acid groups (broad SMARTS) is 1. The van der Waals surface area contributed by atoms with E-state index in [1.165, 1.54) is 0 Å². The molecule has 1 amide bonds. The van der Waals surface area contributed by atoms with Gasteiger partial charge in [0.25, 0.3) is 0 Å². The van der Waals surface area contributed by atoms with Crippen LogP contribution in [0, 0.1) is 0 Å². The van der Waals surface area contributed by atoms with Crippen LogP contribution in [0.3, 0.4) is 0 Å². The molecular formula is C12H23N3O2. The number of piperidine rings is 1. The van der Waals surface area contributed by atoms with E-state index >= 15 is 0 Å². The highest BCUT2D eigenvalue weighted by molar-refractivity contribution is 5.65. The normalized spacial score (nSPS) is 28.3. The second-order valence-corrected chi connectivity index (χ2v) is 4.92. The zero-order valence-electron chi connectivity index (χ0n) is 10.6. The molecule has 5 nitrogen and oxygen atoms in total. The van der Waals surface area contributed by atoms with Crippen molar-refractivity contribution in [1.82, 2.24) is 14.7 Å². The Kier molecular flexibility index (Phi) is 4.23. The number of piperazine rings is 1. The van der Waals surface area contributed by atoms with Gasteiger partial charge in [-0.15, -0.1) is 0 Å². The van der Waals surface area contributed by atoms with Gasteiger partial charge >= 0.3 is 6.09 Å². The van der Waals surface area contributed by atoms with Gasteiger partial charge in [0.2, 0.25) is 0 Å². The first-order chi connectivity index (χ1) is 8.22. The van der Waals surface area contributed by atoms with Gasteiger partial charge in [-0.3, -0.25) is 9.80 Å². The number of hydrogen-bond acceptors (Lipinski definition) is 3. The summed E-state index contributed by atoms with van der Waals surface area (Å²) in [4.78, 5) is 17.6. The lowest BCUT2D eigenvalue weighted by molar-refractivity contribution is -0.00465. The molecule has 5 heteroatoms. The highest BCUT2D eigenvalue weighted by Crippen LogP contribution is 2.21. The standard InChI is InChI=1S/C12H23N3O2/c1-2-13-7-9-14(10-8-13)11-5-3-4-6-15(11)12(16)17/h11H,2-10H2,1H3,(H,16,17). The third-order valence-electron chi connectivity index (χ3n) is 3.99. The van der Waals surface area contributed by atoms with Gasteiger partial charge < -0.3 is 10.0 Å². The maximum absolute atomic E-state index is 11.2. The Morgan fingerprint density at radius 3 is 2.47 bits per heavy atom. The molecule has 2 fully saturated rings. The SMILES string of the molecule is CCN1CCN(C2CCCCN2C(=O)O)CC1. The van der Waals surface area contributed by atoms with E-state index in [1.54, 1.807) is 4.90 Å². The van der Waals surface area contributed by atoms with Crippen LogP contribution in [0.4, 0.5) is 4.79 Å². The van der Waals surface area contributed by atoms with E-state index in [0.717, 1.165) is 52.0 Å². The van der Waals surface area contributed by atoms with Crippen LogP contribution in [0.25, 0.3) is 0 Å². The van der Waals surface area contributed by atoms with Crippen molar-refractivity contribution < 1.29 is 9.90 Å². The van der Waals surface area contributed by atoms with E-state index in [2.05, 4.69) is 16.7 Å². The molecule has 1 N–H and O–H groups in total. The Labute approximate surface area is 103 Å². The fourth-order valence-electron chi connectivity index (χ4n) is 2.89. The van der Waals surface area contributed by atoms with Gasteiger partial charge in [-0.2, -0.15) is 0 Å². The highest BCUT2D eigenvalue weighted by Gasteiger charge is 2.32. The maximum Gasteiger partial charge on any atom is 0.408 e. The zero-order valence-corrected chi connectivity index (χ0v) is 10.6. The van der Waals surface area contributed by atoms with E-state index in [1.807, 2.05) is 0 Å². The molecule has 17 heavy (non-hydrogen) atoms. The summed E-state index contributed by atoms with van der Waals surface area (Å²) in [5.74, 6) is 0. The maximum atomic E-state index is 11.2. The number of likely N-dealkylation sites (tertiary alicyclic amines) is 1. The number of nitrogens with zero attached hydrogens (tertiary/aromatic N) is 3. The second kappa shape index (κ2) is 5.69. The van der Waals surface area contributed by atoms with Crippen LogP contribution < -0.4 is 0 Å². The predicted molar refractivity (Wildman–Crippen MR) is 66.1 cm³/mol. The molecule has 0 aromatic heterocycles. The van der Waals surface area contributed by atoms with Gasteiger partial charge in [0.1, 0.15) is 0 Å². The van der Waals surface area contributed by atoms with Crippen molar-refractivity contribution in [3.8, 4) is 0 Å². The molecule has 2 heterocycles. The minimum absolute atomic E-state index is 0.125. The van der Waals surface area contributed by atoms with Crippen molar-refractivity contribution in [2.75, 3.05) is 39.3 Å². The smallest absolute Gasteiger partial charge is 0.408 e. The first kappa shape index (κ1) is 12.6. The summed E-state index contributed by atoms with van der Waals surface area (Å²) < 4.78 is 0. The van der Waals surface area contributed by atoms with E-state index < -0.39 is 6.09 Å². The van der Waals surface area contributed by atoms with Gasteiger partial charge in [-0.05, 0) is 25.8 Å². The summed E-state index contributed by atoms with van der Waals surface area (Å²) >= 11 is 0. The molecule has 2 saturated heterocycles. The zero-order chi connectivity index (χ0) is 12.3. The lowest BCUT2D eigenvalue weighted by Gasteiger charge is -2.44. The molecule has 0 spiro atoms. The van der Waals surface area contributed by atoms with Crippen molar-refractivity contribution in [3.05, 3.63) is 0 Å². The molecule has 0 aromatic rings. The number of likely N-dealkylation sites (N-methyl/N-ethyl adjacent to an activating group) is 1. The molecular weight excluding hydrogens is 218 g/mol. The summed E-state index contributed by atoms with van der Waals surface area (Å²) in [6.45, 7) is 8.13. The summed E-state index contributed by atoms with van der Waals surface area (Å²) in [5, 5.41) is 9.23. The molecule has 1 atom stereocenters. The summed E-state index contributed by atoms with van der Waals surface area (Å²) in [7, 11) is 0. The van der Waals surface area contributed by atoms with Crippen molar-refractivity contribution >= 4 is 6.09 Å². The van der Waals surface area contributed by atoms with Crippen LogP contribution in [0.2, 0.25) is 0 Å². The molecule has 0 aliphatic carbocycles. The molecule has 2 aliphatic heterocycles. The summed E-state index contributed by atoms with van der Waals surface area (Å²) in [6, 6.07) is 0. The Morgan fingerprint density at radius 2 is 1.88 bits per heavy atom. The quantitative estimate of drug-likeness (QED) is 0.787. The average molecular weight is 241 g/mol. The van der Waals surface area contributed by atoms with Gasteiger partial charge in [0.05, 0.1) is 6.17 Å². The van der Waals surface area contributed by atoms with E-state index in [0.29, 0.717) is 6.54 Å². The van der Waals surface area contributed by atoms with E-state index in [-0.39, 0.29) is 6.17 Å². The summed E-state index contributed by atoms with van der Waals surface area (Å²) in [6.07, 6.45) is 2.53. The van der Waals surface area contributed by atoms with Crippen LogP contribution >= 0.6 is 0 Å². The Balaban J connectivity index is 1.93. The molecule has 1 unspecified atom stereocenters. The average Bonchev–Trinajstić information content (AvgIpc) is 2.39. The number of hydrogen-bond donors (Lipinski definition) is 1. The third kappa shape index (κ3) is 2.90. The van der Waals surface area contributed by atoms with Gasteiger partial charge in [0.15, 0.2) is 0 Å². The number of amides is 1. The fraction of sp³-hybridized carbons (Fsp3) is 0.917. The molecule has 2 rings (SSSR count). The van der Waals surface area contributed by atoms with E-state index in [9.17, 15) is 9.90 Å². The molecule has 0 radical (unpaired) electrons. The van der Waals surface area contributed by atoms with Crippen LogP contribution in [0.5, 0.6) is 0 Å². The Bertz CT molecular complexity index is 264. The van der Waals surface area contributed by atoms with Gasteiger partial charge in [0, 0.05) is 32.7 Å². The first-order valence-corrected chi connectivity index (χ1v) is 6.68. The van der Waals surface area contributed by atoms with E-state index in [4.69, 9.17) is 0 Å². The van der Waals surface area contributed by atoms with Gasteiger partial charge in [-0.25, -0.2) is 4.79 Å². The highest BCUT2D eigenvalue weighted by atomic mass is 16.4. The first-order valence-electron chi connectivity index (χ1n) is 6.68. The predicted octanol–water partition coefficient (Wildman–Crippen LogP) is 1.11. The van der Waals surface area contributed by atoms with Crippen molar-refractivity contribution in [2.24, 2.45) is 0 Å².